The van der Waals surface area contributed by atoms with Gasteiger partial charge < -0.3 is 10.6 Å². The molecule has 3 rings (SSSR count). The minimum absolute atomic E-state index is 0.289. The summed E-state index contributed by atoms with van der Waals surface area (Å²) < 4.78 is 13.1. The lowest BCUT2D eigenvalue weighted by atomic mass is 10.1. The van der Waals surface area contributed by atoms with Gasteiger partial charge in [0.05, 0.1) is 6.54 Å². The Kier molecular flexibility index (Phi) is 3.64. The number of benzene rings is 2. The van der Waals surface area contributed by atoms with Crippen LogP contribution in [0.1, 0.15) is 15.9 Å². The quantitative estimate of drug-likeness (QED) is 0.909. The summed E-state index contributed by atoms with van der Waals surface area (Å²) in [5, 5.41) is 5.94. The molecule has 4 nitrogen and oxygen atoms in total. The molecular weight excluding hydrogens is 269 g/mol. The maximum atomic E-state index is 13.1. The summed E-state index contributed by atoms with van der Waals surface area (Å²) in [6, 6.07) is 13.0. The van der Waals surface area contributed by atoms with Crippen molar-refractivity contribution in [3.63, 3.8) is 0 Å². The summed E-state index contributed by atoms with van der Waals surface area (Å²) in [5.41, 5.74) is 1.86. The zero-order chi connectivity index (χ0) is 14.7. The third-order valence-electron chi connectivity index (χ3n) is 3.15. The molecule has 1 heterocycles. The molecule has 1 aliphatic heterocycles. The highest BCUT2D eigenvalue weighted by Gasteiger charge is 2.10. The third kappa shape index (κ3) is 3.08. The van der Waals surface area contributed by atoms with Gasteiger partial charge in [0.1, 0.15) is 11.7 Å². The maximum Gasteiger partial charge on any atom is 0.255 e. The fourth-order valence-corrected chi connectivity index (χ4v) is 2.17. The fourth-order valence-electron chi connectivity index (χ4n) is 2.17. The summed E-state index contributed by atoms with van der Waals surface area (Å²) in [4.78, 5) is 16.4. The van der Waals surface area contributed by atoms with E-state index in [4.69, 9.17) is 0 Å². The minimum atomic E-state index is -0.430. The van der Waals surface area contributed by atoms with E-state index in [0.717, 1.165) is 24.5 Å². The molecule has 1 amide bonds. The highest BCUT2D eigenvalue weighted by Crippen LogP contribution is 2.14. The number of carbonyl (C=O) groups is 1. The average Bonchev–Trinajstić information content (AvgIpc) is 3.02. The van der Waals surface area contributed by atoms with Crippen molar-refractivity contribution >= 4 is 17.4 Å². The molecule has 0 spiro atoms. The lowest BCUT2D eigenvalue weighted by molar-refractivity contribution is 0.102. The first-order chi connectivity index (χ1) is 10.2. The molecule has 0 fully saturated rings. The largest absolute Gasteiger partial charge is 0.368 e. The second-order valence-electron chi connectivity index (χ2n) is 4.70. The number of hydrogen-bond acceptors (Lipinski definition) is 3. The molecule has 0 atom stereocenters. The summed E-state index contributed by atoms with van der Waals surface area (Å²) in [6.07, 6.45) is 0. The number of nitrogens with one attached hydrogen (secondary N) is 2. The Balaban J connectivity index is 1.78. The SMILES string of the molecule is O=C(Nc1cccc(C2=NCCN2)c1)c1cccc(F)c1. The van der Waals surface area contributed by atoms with E-state index in [-0.39, 0.29) is 11.5 Å². The van der Waals surface area contributed by atoms with Gasteiger partial charge in [0.2, 0.25) is 0 Å². The van der Waals surface area contributed by atoms with E-state index >= 15 is 0 Å². The van der Waals surface area contributed by atoms with Crippen LogP contribution in [0.15, 0.2) is 53.5 Å². The Hall–Kier alpha value is -2.69. The van der Waals surface area contributed by atoms with Crippen molar-refractivity contribution in [1.29, 1.82) is 0 Å². The first-order valence-electron chi connectivity index (χ1n) is 6.68. The van der Waals surface area contributed by atoms with Gasteiger partial charge in [0.15, 0.2) is 0 Å². The Bertz CT molecular complexity index is 712. The van der Waals surface area contributed by atoms with Crippen LogP contribution in [0.5, 0.6) is 0 Å². The minimum Gasteiger partial charge on any atom is -0.368 e. The molecule has 0 saturated carbocycles. The highest BCUT2D eigenvalue weighted by atomic mass is 19.1. The average molecular weight is 283 g/mol. The normalized spacial score (nSPS) is 13.5. The van der Waals surface area contributed by atoms with Crippen LogP contribution in [-0.2, 0) is 0 Å². The fraction of sp³-hybridized carbons (Fsp3) is 0.125. The van der Waals surface area contributed by atoms with Gasteiger partial charge in [-0.15, -0.1) is 0 Å². The number of hydrogen-bond donors (Lipinski definition) is 2. The first-order valence-corrected chi connectivity index (χ1v) is 6.68. The van der Waals surface area contributed by atoms with Crippen LogP contribution in [0.2, 0.25) is 0 Å². The van der Waals surface area contributed by atoms with Gasteiger partial charge in [-0.3, -0.25) is 9.79 Å². The zero-order valence-electron chi connectivity index (χ0n) is 11.3. The number of halogens is 1. The third-order valence-corrected chi connectivity index (χ3v) is 3.15. The molecule has 1 aliphatic rings. The maximum absolute atomic E-state index is 13.1. The van der Waals surface area contributed by atoms with Crippen LogP contribution in [0.25, 0.3) is 0 Å². The Morgan fingerprint density at radius 3 is 2.81 bits per heavy atom. The van der Waals surface area contributed by atoms with Crippen molar-refractivity contribution in [2.24, 2.45) is 4.99 Å². The van der Waals surface area contributed by atoms with Crippen molar-refractivity contribution in [1.82, 2.24) is 5.32 Å². The van der Waals surface area contributed by atoms with E-state index < -0.39 is 5.82 Å². The molecule has 2 aromatic rings. The Morgan fingerprint density at radius 1 is 1.19 bits per heavy atom. The molecule has 0 unspecified atom stereocenters. The molecule has 0 bridgehead atoms. The predicted molar refractivity (Wildman–Crippen MR) is 80.2 cm³/mol. The predicted octanol–water partition coefficient (Wildman–Crippen LogP) is 2.43. The number of amides is 1. The van der Waals surface area contributed by atoms with Crippen LogP contribution >= 0.6 is 0 Å². The number of aliphatic imine (C=N–C) groups is 1. The molecule has 0 aromatic heterocycles. The van der Waals surface area contributed by atoms with Crippen molar-refractivity contribution in [3.8, 4) is 0 Å². The summed E-state index contributed by atoms with van der Waals surface area (Å²) >= 11 is 0. The number of rotatable bonds is 3. The van der Waals surface area contributed by atoms with Gasteiger partial charge >= 0.3 is 0 Å². The monoisotopic (exact) mass is 283 g/mol. The van der Waals surface area contributed by atoms with E-state index in [0.29, 0.717) is 5.69 Å². The van der Waals surface area contributed by atoms with E-state index in [1.807, 2.05) is 18.2 Å². The zero-order valence-corrected chi connectivity index (χ0v) is 11.3. The topological polar surface area (TPSA) is 53.5 Å². The van der Waals surface area contributed by atoms with E-state index in [1.165, 1.54) is 18.2 Å². The van der Waals surface area contributed by atoms with Gasteiger partial charge in [-0.25, -0.2) is 4.39 Å². The molecule has 5 heteroatoms. The number of nitrogens with zero attached hydrogens (tertiary/aromatic N) is 1. The lowest BCUT2D eigenvalue weighted by Crippen LogP contribution is -2.19. The van der Waals surface area contributed by atoms with Crippen LogP contribution in [0, 0.1) is 5.82 Å². The number of anilines is 1. The summed E-state index contributed by atoms with van der Waals surface area (Å²) in [7, 11) is 0. The van der Waals surface area contributed by atoms with Gasteiger partial charge in [0.25, 0.3) is 5.91 Å². The molecule has 2 aromatic carbocycles. The van der Waals surface area contributed by atoms with Crippen LogP contribution in [0.4, 0.5) is 10.1 Å². The standard InChI is InChI=1S/C16H14FN3O/c17-13-5-1-4-12(9-13)16(21)20-14-6-2-3-11(10-14)15-18-7-8-19-15/h1-6,9-10H,7-8H2,(H,18,19)(H,20,21). The number of amidine groups is 1. The Morgan fingerprint density at radius 2 is 2.05 bits per heavy atom. The molecule has 0 aliphatic carbocycles. The van der Waals surface area contributed by atoms with Gasteiger partial charge in [0, 0.05) is 23.4 Å². The smallest absolute Gasteiger partial charge is 0.255 e. The van der Waals surface area contributed by atoms with Crippen molar-refractivity contribution in [2.75, 3.05) is 18.4 Å². The van der Waals surface area contributed by atoms with E-state index in [9.17, 15) is 9.18 Å². The molecule has 106 valence electrons. The summed E-state index contributed by atoms with van der Waals surface area (Å²) in [5.74, 6) is 0.0609. The summed E-state index contributed by atoms with van der Waals surface area (Å²) in [6.45, 7) is 1.59. The molecule has 21 heavy (non-hydrogen) atoms. The van der Waals surface area contributed by atoms with Gasteiger partial charge in [-0.2, -0.15) is 0 Å². The second kappa shape index (κ2) is 5.75. The molecule has 0 radical (unpaired) electrons. The highest BCUT2D eigenvalue weighted by molar-refractivity contribution is 6.05. The van der Waals surface area contributed by atoms with Gasteiger partial charge in [-0.05, 0) is 30.3 Å². The van der Waals surface area contributed by atoms with E-state index in [1.54, 1.807) is 12.1 Å². The van der Waals surface area contributed by atoms with Gasteiger partial charge in [-0.1, -0.05) is 18.2 Å². The van der Waals surface area contributed by atoms with E-state index in [2.05, 4.69) is 15.6 Å². The van der Waals surface area contributed by atoms with Crippen molar-refractivity contribution in [2.45, 2.75) is 0 Å². The Labute approximate surface area is 121 Å². The van der Waals surface area contributed by atoms with Crippen molar-refractivity contribution in [3.05, 3.63) is 65.5 Å². The van der Waals surface area contributed by atoms with Crippen LogP contribution in [0.3, 0.4) is 0 Å². The molecule has 0 saturated heterocycles. The second-order valence-corrected chi connectivity index (χ2v) is 4.70. The van der Waals surface area contributed by atoms with Crippen molar-refractivity contribution < 1.29 is 9.18 Å². The van der Waals surface area contributed by atoms with Crippen LogP contribution in [-0.4, -0.2) is 24.8 Å². The molecular formula is C16H14FN3O. The first kappa shape index (κ1) is 13.3. The molecule has 2 N–H and O–H groups in total. The van der Waals surface area contributed by atoms with Crippen LogP contribution < -0.4 is 10.6 Å². The number of carbonyl (C=O) groups excluding carboxylic acids is 1. The lowest BCUT2D eigenvalue weighted by Gasteiger charge is -2.08.